The zero-order valence-corrected chi connectivity index (χ0v) is 10.6. The Morgan fingerprint density at radius 3 is 2.83 bits per heavy atom. The maximum Gasteiger partial charge on any atom is 0.0501 e. The molecule has 4 heteroatoms. The van der Waals surface area contributed by atoms with Crippen molar-refractivity contribution >= 4 is 10.9 Å². The summed E-state index contributed by atoms with van der Waals surface area (Å²) in [6, 6.07) is 8.56. The van der Waals surface area contributed by atoms with E-state index in [4.69, 9.17) is 5.73 Å². The number of nitrogens with one attached hydrogen (secondary N) is 2. The molecule has 2 aromatic rings. The Morgan fingerprint density at radius 2 is 2.06 bits per heavy atom. The second kappa shape index (κ2) is 5.10. The molecule has 96 valence electrons. The van der Waals surface area contributed by atoms with Gasteiger partial charge in [0.15, 0.2) is 0 Å². The highest BCUT2D eigenvalue weighted by atomic mass is 15.2. The molecule has 1 aliphatic rings. The smallest absolute Gasteiger partial charge is 0.0501 e. The highest BCUT2D eigenvalue weighted by Gasteiger charge is 2.11. The van der Waals surface area contributed by atoms with Crippen molar-refractivity contribution in [3.63, 3.8) is 0 Å². The van der Waals surface area contributed by atoms with Crippen LogP contribution in [0.1, 0.15) is 11.3 Å². The molecule has 0 unspecified atom stereocenters. The molecule has 1 aromatic heterocycles. The first-order valence-corrected chi connectivity index (χ1v) is 6.59. The third-order valence-electron chi connectivity index (χ3n) is 3.62. The molecule has 3 rings (SSSR count). The zero-order chi connectivity index (χ0) is 12.4. The first-order valence-electron chi connectivity index (χ1n) is 6.59. The van der Waals surface area contributed by atoms with Crippen molar-refractivity contribution in [1.29, 1.82) is 0 Å². The van der Waals surface area contributed by atoms with Gasteiger partial charge in [-0.1, -0.05) is 18.2 Å². The Bertz CT molecular complexity index is 526. The second-order valence-corrected chi connectivity index (χ2v) is 4.91. The number of nitrogens with two attached hydrogens (primary N) is 1. The summed E-state index contributed by atoms with van der Waals surface area (Å²) in [7, 11) is 0. The highest BCUT2D eigenvalue weighted by Crippen LogP contribution is 2.20. The summed E-state index contributed by atoms with van der Waals surface area (Å²) in [5.74, 6) is 0. The number of aromatic amines is 1. The van der Waals surface area contributed by atoms with E-state index in [1.54, 1.807) is 0 Å². The van der Waals surface area contributed by atoms with E-state index >= 15 is 0 Å². The maximum absolute atomic E-state index is 5.77. The highest BCUT2D eigenvalue weighted by molar-refractivity contribution is 5.83. The van der Waals surface area contributed by atoms with Gasteiger partial charge >= 0.3 is 0 Å². The van der Waals surface area contributed by atoms with Gasteiger partial charge in [-0.2, -0.15) is 0 Å². The monoisotopic (exact) mass is 244 g/mol. The van der Waals surface area contributed by atoms with Crippen molar-refractivity contribution in [3.05, 3.63) is 35.5 Å². The number of H-pyrrole nitrogens is 1. The van der Waals surface area contributed by atoms with Gasteiger partial charge in [0, 0.05) is 50.3 Å². The molecule has 0 radical (unpaired) electrons. The number of nitrogens with zero attached hydrogens (tertiary/aromatic N) is 1. The molecule has 0 aliphatic carbocycles. The summed E-state index contributed by atoms with van der Waals surface area (Å²) in [5.41, 5.74) is 9.45. The molecule has 18 heavy (non-hydrogen) atoms. The van der Waals surface area contributed by atoms with E-state index in [1.807, 2.05) is 0 Å². The number of rotatable bonds is 3. The molecule has 1 fully saturated rings. The first-order chi connectivity index (χ1) is 8.86. The van der Waals surface area contributed by atoms with Crippen molar-refractivity contribution < 1.29 is 0 Å². The van der Waals surface area contributed by atoms with Crippen LogP contribution in [-0.4, -0.2) is 36.1 Å². The van der Waals surface area contributed by atoms with Gasteiger partial charge in [-0.15, -0.1) is 0 Å². The minimum absolute atomic E-state index is 0.588. The summed E-state index contributed by atoms with van der Waals surface area (Å²) in [6.45, 7) is 6.02. The molecule has 0 spiro atoms. The van der Waals surface area contributed by atoms with Gasteiger partial charge in [0.2, 0.25) is 0 Å². The number of hydrogen-bond donors (Lipinski definition) is 3. The molecule has 0 atom stereocenters. The summed E-state index contributed by atoms with van der Waals surface area (Å²) < 4.78 is 0. The lowest BCUT2D eigenvalue weighted by atomic mass is 10.1. The van der Waals surface area contributed by atoms with Gasteiger partial charge in [0.25, 0.3) is 0 Å². The Hall–Kier alpha value is -1.36. The molecule has 0 saturated carbocycles. The number of aromatic nitrogens is 1. The predicted molar refractivity (Wildman–Crippen MR) is 74.3 cm³/mol. The van der Waals surface area contributed by atoms with Crippen molar-refractivity contribution in [3.8, 4) is 0 Å². The van der Waals surface area contributed by atoms with Crippen LogP contribution in [0.25, 0.3) is 10.9 Å². The van der Waals surface area contributed by atoms with Gasteiger partial charge in [-0.3, -0.25) is 4.90 Å². The lowest BCUT2D eigenvalue weighted by Gasteiger charge is -2.26. The Morgan fingerprint density at radius 1 is 1.22 bits per heavy atom. The molecule has 0 amide bonds. The molecule has 2 heterocycles. The molecular weight excluding hydrogens is 224 g/mol. The Kier molecular flexibility index (Phi) is 3.32. The third kappa shape index (κ3) is 2.27. The lowest BCUT2D eigenvalue weighted by Crippen LogP contribution is -2.42. The van der Waals surface area contributed by atoms with Crippen LogP contribution in [0.15, 0.2) is 24.3 Å². The summed E-state index contributed by atoms with van der Waals surface area (Å²) in [5, 5.41) is 4.64. The fourth-order valence-electron chi connectivity index (χ4n) is 2.64. The van der Waals surface area contributed by atoms with Crippen LogP contribution < -0.4 is 11.1 Å². The fraction of sp³-hybridized carbons (Fsp3) is 0.429. The van der Waals surface area contributed by atoms with E-state index in [1.165, 1.54) is 22.2 Å². The van der Waals surface area contributed by atoms with Crippen LogP contribution in [0.5, 0.6) is 0 Å². The average molecular weight is 244 g/mol. The van der Waals surface area contributed by atoms with Crippen LogP contribution in [-0.2, 0) is 13.1 Å². The van der Waals surface area contributed by atoms with Gasteiger partial charge < -0.3 is 16.0 Å². The molecule has 4 N–H and O–H groups in total. The quantitative estimate of drug-likeness (QED) is 0.756. The zero-order valence-electron chi connectivity index (χ0n) is 10.6. The van der Waals surface area contributed by atoms with Crippen molar-refractivity contribution in [2.45, 2.75) is 13.1 Å². The predicted octanol–water partition coefficient (Wildman–Crippen LogP) is 1.03. The Labute approximate surface area is 107 Å². The molecular formula is C14H20N4. The van der Waals surface area contributed by atoms with E-state index in [-0.39, 0.29) is 0 Å². The minimum Gasteiger partial charge on any atom is -0.357 e. The number of hydrogen-bond acceptors (Lipinski definition) is 3. The maximum atomic E-state index is 5.77. The third-order valence-corrected chi connectivity index (χ3v) is 3.62. The van der Waals surface area contributed by atoms with Gasteiger partial charge in [0.05, 0.1) is 5.52 Å². The van der Waals surface area contributed by atoms with Crippen LogP contribution in [0.4, 0.5) is 0 Å². The van der Waals surface area contributed by atoms with E-state index in [0.717, 1.165) is 32.7 Å². The van der Waals surface area contributed by atoms with E-state index in [0.29, 0.717) is 6.54 Å². The van der Waals surface area contributed by atoms with Crippen molar-refractivity contribution in [1.82, 2.24) is 15.2 Å². The molecule has 1 aliphatic heterocycles. The lowest BCUT2D eigenvalue weighted by molar-refractivity contribution is 0.231. The number of benzene rings is 1. The minimum atomic E-state index is 0.588. The van der Waals surface area contributed by atoms with Crippen LogP contribution in [0, 0.1) is 0 Å². The molecule has 4 nitrogen and oxygen atoms in total. The van der Waals surface area contributed by atoms with E-state index in [2.05, 4.69) is 39.5 Å². The number of fused-ring (bicyclic) bond motifs is 1. The Balaban J connectivity index is 1.84. The SMILES string of the molecule is NCc1cccc2cc(CN3CCNCC3)[nH]c12. The molecule has 1 saturated heterocycles. The van der Waals surface area contributed by atoms with Crippen LogP contribution in [0.3, 0.4) is 0 Å². The summed E-state index contributed by atoms with van der Waals surface area (Å²) >= 11 is 0. The van der Waals surface area contributed by atoms with Crippen LogP contribution >= 0.6 is 0 Å². The average Bonchev–Trinajstić information content (AvgIpc) is 2.82. The standard InChI is InChI=1S/C14H20N4/c15-9-12-3-1-2-11-8-13(17-14(11)12)10-18-6-4-16-5-7-18/h1-3,8,16-17H,4-7,9-10,15H2. The van der Waals surface area contributed by atoms with Crippen molar-refractivity contribution in [2.75, 3.05) is 26.2 Å². The number of piperazine rings is 1. The summed E-state index contributed by atoms with van der Waals surface area (Å²) in [6.07, 6.45) is 0. The topological polar surface area (TPSA) is 57.1 Å². The number of para-hydroxylation sites is 1. The normalized spacial score (nSPS) is 17.4. The van der Waals surface area contributed by atoms with E-state index < -0.39 is 0 Å². The molecule has 0 bridgehead atoms. The largest absolute Gasteiger partial charge is 0.357 e. The van der Waals surface area contributed by atoms with Gasteiger partial charge in [-0.25, -0.2) is 0 Å². The van der Waals surface area contributed by atoms with E-state index in [9.17, 15) is 0 Å². The van der Waals surface area contributed by atoms with Gasteiger partial charge in [-0.05, 0) is 11.6 Å². The second-order valence-electron chi connectivity index (χ2n) is 4.91. The van der Waals surface area contributed by atoms with Crippen LogP contribution in [0.2, 0.25) is 0 Å². The molecule has 1 aromatic carbocycles. The first kappa shape index (κ1) is 11.7. The van der Waals surface area contributed by atoms with Gasteiger partial charge in [0.1, 0.15) is 0 Å². The fourth-order valence-corrected chi connectivity index (χ4v) is 2.64. The van der Waals surface area contributed by atoms with Crippen molar-refractivity contribution in [2.24, 2.45) is 5.73 Å². The summed E-state index contributed by atoms with van der Waals surface area (Å²) in [4.78, 5) is 6.00.